The van der Waals surface area contributed by atoms with Gasteiger partial charge in [0.1, 0.15) is 5.75 Å². The van der Waals surface area contributed by atoms with Gasteiger partial charge in [0.2, 0.25) is 0 Å². The molecule has 0 aliphatic rings. The van der Waals surface area contributed by atoms with Gasteiger partial charge in [-0.1, -0.05) is 23.2 Å². The third-order valence-electron chi connectivity index (χ3n) is 3.65. The van der Waals surface area contributed by atoms with Crippen LogP contribution in [0.1, 0.15) is 12.0 Å². The average Bonchev–Trinajstić information content (AvgIpc) is 2.61. The summed E-state index contributed by atoms with van der Waals surface area (Å²) in [6.45, 7) is 0.368. The van der Waals surface area contributed by atoms with Gasteiger partial charge in [0.15, 0.2) is 5.96 Å². The lowest BCUT2D eigenvalue weighted by atomic mass is 10.2. The number of nitrogens with one attached hydrogen (secondary N) is 2. The number of ether oxygens (including phenoxy) is 2. The zero-order valence-electron chi connectivity index (χ0n) is 16.1. The van der Waals surface area contributed by atoms with Gasteiger partial charge in [0, 0.05) is 44.4 Å². The molecule has 0 aliphatic heterocycles. The fourth-order valence-corrected chi connectivity index (χ4v) is 2.86. The molecule has 6 nitrogen and oxygen atoms in total. The topological polar surface area (TPSA) is 58.1 Å². The largest absolute Gasteiger partial charge is 0.433 e. The minimum atomic E-state index is -2.98. The number of hydrogen-bond acceptors (Lipinski definition) is 4. The predicted molar refractivity (Wildman–Crippen MR) is 121 cm³/mol. The SMILES string of the molecule is CN=C(NCCCN(C)CCOC)NCc1cc(Cl)cc(Cl)c1OC(F)F.I. The number of alkyl halides is 2. The van der Waals surface area contributed by atoms with Crippen LogP contribution in [0.5, 0.6) is 5.75 Å². The van der Waals surface area contributed by atoms with Crippen molar-refractivity contribution in [3.63, 3.8) is 0 Å². The molecule has 0 unspecified atom stereocenters. The van der Waals surface area contributed by atoms with Crippen LogP contribution in [0.2, 0.25) is 10.0 Å². The van der Waals surface area contributed by atoms with Crippen LogP contribution in [-0.2, 0) is 11.3 Å². The molecule has 0 saturated carbocycles. The number of likely N-dealkylation sites (N-methyl/N-ethyl adjacent to an activating group) is 1. The zero-order chi connectivity index (χ0) is 20.2. The van der Waals surface area contributed by atoms with Crippen LogP contribution in [0.3, 0.4) is 0 Å². The van der Waals surface area contributed by atoms with Crippen molar-refractivity contribution in [3.05, 3.63) is 27.7 Å². The first kappa shape index (κ1) is 27.4. The van der Waals surface area contributed by atoms with E-state index in [0.717, 1.165) is 19.5 Å². The van der Waals surface area contributed by atoms with Crippen molar-refractivity contribution in [2.75, 3.05) is 47.4 Å². The Labute approximate surface area is 192 Å². The van der Waals surface area contributed by atoms with E-state index in [1.807, 2.05) is 7.05 Å². The molecular formula is C17H27Cl2F2IN4O2. The number of aliphatic imine (C=N–C) groups is 1. The second kappa shape index (κ2) is 15.3. The van der Waals surface area contributed by atoms with E-state index in [1.54, 1.807) is 14.2 Å². The molecule has 1 aromatic rings. The van der Waals surface area contributed by atoms with Crippen molar-refractivity contribution >= 4 is 53.1 Å². The maximum absolute atomic E-state index is 12.6. The van der Waals surface area contributed by atoms with Gasteiger partial charge in [0.05, 0.1) is 11.6 Å². The zero-order valence-corrected chi connectivity index (χ0v) is 19.9. The molecule has 0 bridgehead atoms. The second-order valence-electron chi connectivity index (χ2n) is 5.76. The van der Waals surface area contributed by atoms with Gasteiger partial charge in [-0.3, -0.25) is 4.99 Å². The molecule has 0 heterocycles. The van der Waals surface area contributed by atoms with Gasteiger partial charge in [-0.2, -0.15) is 8.78 Å². The number of halogens is 5. The van der Waals surface area contributed by atoms with Crippen molar-refractivity contribution in [1.82, 2.24) is 15.5 Å². The molecule has 0 saturated heterocycles. The van der Waals surface area contributed by atoms with E-state index in [0.29, 0.717) is 29.7 Å². The van der Waals surface area contributed by atoms with Crippen molar-refractivity contribution in [3.8, 4) is 5.75 Å². The molecule has 1 rings (SSSR count). The summed E-state index contributed by atoms with van der Waals surface area (Å²) in [6, 6.07) is 2.88. The van der Waals surface area contributed by atoms with E-state index in [9.17, 15) is 8.78 Å². The lowest BCUT2D eigenvalue weighted by Crippen LogP contribution is -2.38. The summed E-state index contributed by atoms with van der Waals surface area (Å²) >= 11 is 11.9. The third-order valence-corrected chi connectivity index (χ3v) is 4.15. The quantitative estimate of drug-likeness (QED) is 0.188. The molecule has 162 valence electrons. The van der Waals surface area contributed by atoms with Gasteiger partial charge in [-0.05, 0) is 32.1 Å². The summed E-state index contributed by atoms with van der Waals surface area (Å²) in [5, 5.41) is 6.57. The lowest BCUT2D eigenvalue weighted by molar-refractivity contribution is -0.0504. The summed E-state index contributed by atoms with van der Waals surface area (Å²) < 4.78 is 34.8. The average molecular weight is 555 g/mol. The summed E-state index contributed by atoms with van der Waals surface area (Å²) in [5.41, 5.74) is 0.412. The predicted octanol–water partition coefficient (Wildman–Crippen LogP) is 3.85. The van der Waals surface area contributed by atoms with E-state index < -0.39 is 6.61 Å². The Hall–Kier alpha value is -0.620. The highest BCUT2D eigenvalue weighted by molar-refractivity contribution is 14.0. The fourth-order valence-electron chi connectivity index (χ4n) is 2.28. The van der Waals surface area contributed by atoms with Gasteiger partial charge in [-0.25, -0.2) is 0 Å². The first-order valence-corrected chi connectivity index (χ1v) is 9.17. The maximum Gasteiger partial charge on any atom is 0.387 e. The molecule has 1 aromatic carbocycles. The van der Waals surface area contributed by atoms with Crippen molar-refractivity contribution in [1.29, 1.82) is 0 Å². The summed E-state index contributed by atoms with van der Waals surface area (Å²) in [6.07, 6.45) is 0.906. The van der Waals surface area contributed by atoms with Crippen LogP contribution >= 0.6 is 47.2 Å². The van der Waals surface area contributed by atoms with Crippen LogP contribution in [0, 0.1) is 0 Å². The smallest absolute Gasteiger partial charge is 0.387 e. The van der Waals surface area contributed by atoms with Gasteiger partial charge >= 0.3 is 6.61 Å². The third kappa shape index (κ3) is 10.8. The highest BCUT2D eigenvalue weighted by Crippen LogP contribution is 2.33. The van der Waals surface area contributed by atoms with Gasteiger partial charge < -0.3 is 25.0 Å². The van der Waals surface area contributed by atoms with Crippen molar-refractivity contribution in [2.24, 2.45) is 4.99 Å². The molecule has 11 heteroatoms. The van der Waals surface area contributed by atoms with Crippen molar-refractivity contribution < 1.29 is 18.3 Å². The highest BCUT2D eigenvalue weighted by atomic mass is 127. The molecule has 0 amide bonds. The van der Waals surface area contributed by atoms with Crippen molar-refractivity contribution in [2.45, 2.75) is 19.6 Å². The first-order valence-electron chi connectivity index (χ1n) is 8.42. The molecule has 28 heavy (non-hydrogen) atoms. The van der Waals surface area contributed by atoms with E-state index in [2.05, 4.69) is 25.3 Å². The summed E-state index contributed by atoms with van der Waals surface area (Å²) in [4.78, 5) is 6.28. The Morgan fingerprint density at radius 1 is 1.25 bits per heavy atom. The standard InChI is InChI=1S/C17H26Cl2F2N4O2.HI/c1-22-17(23-5-4-6-25(2)7-8-26-3)24-11-12-9-13(18)10-14(19)15(12)27-16(20)21;/h9-10,16H,4-8,11H2,1-3H3,(H2,22,23,24);1H. The number of hydrogen-bond donors (Lipinski definition) is 2. The Bertz CT molecular complexity index is 613. The Morgan fingerprint density at radius 2 is 1.96 bits per heavy atom. The van der Waals surface area contributed by atoms with E-state index in [1.165, 1.54) is 12.1 Å². The highest BCUT2D eigenvalue weighted by Gasteiger charge is 2.15. The molecule has 0 atom stereocenters. The van der Waals surface area contributed by atoms with Gasteiger partial charge in [-0.15, -0.1) is 24.0 Å². The van der Waals surface area contributed by atoms with E-state index >= 15 is 0 Å². The Kier molecular flexibility index (Phi) is 14.9. The van der Waals surface area contributed by atoms with Crippen LogP contribution < -0.4 is 15.4 Å². The van der Waals surface area contributed by atoms with Crippen LogP contribution in [-0.4, -0.2) is 64.9 Å². The Morgan fingerprint density at radius 3 is 2.57 bits per heavy atom. The van der Waals surface area contributed by atoms with Gasteiger partial charge in [0.25, 0.3) is 0 Å². The number of rotatable bonds is 11. The van der Waals surface area contributed by atoms with E-state index in [-0.39, 0.29) is 41.3 Å². The fraction of sp³-hybridized carbons (Fsp3) is 0.588. The van der Waals surface area contributed by atoms with Crippen LogP contribution in [0.25, 0.3) is 0 Å². The molecule has 0 aromatic heterocycles. The second-order valence-corrected chi connectivity index (χ2v) is 6.60. The first-order chi connectivity index (χ1) is 12.9. The minimum Gasteiger partial charge on any atom is -0.433 e. The Balaban J connectivity index is 0.00000729. The number of benzene rings is 1. The van der Waals surface area contributed by atoms with Crippen LogP contribution in [0.15, 0.2) is 17.1 Å². The molecule has 0 aliphatic carbocycles. The number of guanidine groups is 1. The summed E-state index contributed by atoms with van der Waals surface area (Å²) in [5.74, 6) is 0.437. The maximum atomic E-state index is 12.6. The lowest BCUT2D eigenvalue weighted by Gasteiger charge is -2.18. The summed E-state index contributed by atoms with van der Waals surface area (Å²) in [7, 11) is 5.33. The molecule has 2 N–H and O–H groups in total. The van der Waals surface area contributed by atoms with Crippen LogP contribution in [0.4, 0.5) is 8.78 Å². The molecule has 0 spiro atoms. The minimum absolute atomic E-state index is 0. The number of methoxy groups -OCH3 is 1. The number of nitrogens with zero attached hydrogens (tertiary/aromatic N) is 2. The normalized spacial score (nSPS) is 11.5. The molecule has 0 radical (unpaired) electrons. The molecular weight excluding hydrogens is 528 g/mol. The molecule has 0 fully saturated rings. The van der Waals surface area contributed by atoms with E-state index in [4.69, 9.17) is 27.9 Å². The monoisotopic (exact) mass is 554 g/mol.